The van der Waals surface area contributed by atoms with E-state index in [-0.39, 0.29) is 23.6 Å². The zero-order valence-electron chi connectivity index (χ0n) is 18.0. The van der Waals surface area contributed by atoms with Crippen LogP contribution in [0.5, 0.6) is 5.75 Å². The number of hydrogen-bond acceptors (Lipinski definition) is 8. The predicted octanol–water partition coefficient (Wildman–Crippen LogP) is 2.14. The molecule has 1 aromatic carbocycles. The molecule has 3 rings (SSSR count). The van der Waals surface area contributed by atoms with E-state index in [1.165, 1.54) is 11.6 Å². The van der Waals surface area contributed by atoms with Gasteiger partial charge in [-0.3, -0.25) is 18.7 Å². The van der Waals surface area contributed by atoms with E-state index in [4.69, 9.17) is 9.47 Å². The maximum atomic E-state index is 12.9. The summed E-state index contributed by atoms with van der Waals surface area (Å²) in [5, 5.41) is -0.0368. The van der Waals surface area contributed by atoms with Crippen molar-refractivity contribution in [2.24, 2.45) is 14.1 Å². The number of methoxy groups -OCH3 is 1. The molecule has 0 radical (unpaired) electrons. The van der Waals surface area contributed by atoms with Gasteiger partial charge in [0.25, 0.3) is 5.56 Å². The molecule has 0 aliphatic carbocycles. The minimum atomic E-state index is -0.552. The van der Waals surface area contributed by atoms with Gasteiger partial charge in [-0.05, 0) is 37.6 Å². The van der Waals surface area contributed by atoms with Crippen LogP contribution in [0.3, 0.4) is 0 Å². The molecule has 0 aliphatic rings. The molecule has 0 unspecified atom stereocenters. The van der Waals surface area contributed by atoms with E-state index < -0.39 is 16.5 Å². The molecule has 3 aromatic rings. The number of aromatic nitrogens is 4. The van der Waals surface area contributed by atoms with E-state index >= 15 is 0 Å². The highest BCUT2D eigenvalue weighted by atomic mass is 32.2. The van der Waals surface area contributed by atoms with Crippen LogP contribution in [0.15, 0.2) is 38.9 Å². The normalized spacial score (nSPS) is 12.0. The molecule has 0 saturated carbocycles. The van der Waals surface area contributed by atoms with Crippen molar-refractivity contribution in [1.29, 1.82) is 0 Å². The average Bonchev–Trinajstić information content (AvgIpc) is 2.79. The molecule has 10 heteroatoms. The Bertz CT molecular complexity index is 1230. The van der Waals surface area contributed by atoms with Crippen molar-refractivity contribution in [3.8, 4) is 17.1 Å². The van der Waals surface area contributed by atoms with Crippen molar-refractivity contribution in [2.45, 2.75) is 30.5 Å². The molecule has 9 nitrogen and oxygen atoms in total. The van der Waals surface area contributed by atoms with E-state index in [0.29, 0.717) is 28.6 Å². The zero-order chi connectivity index (χ0) is 22.7. The predicted molar refractivity (Wildman–Crippen MR) is 119 cm³/mol. The van der Waals surface area contributed by atoms with Crippen LogP contribution in [0, 0.1) is 0 Å². The van der Waals surface area contributed by atoms with Gasteiger partial charge in [0, 0.05) is 19.7 Å². The maximum absolute atomic E-state index is 12.9. The van der Waals surface area contributed by atoms with Gasteiger partial charge >= 0.3 is 11.7 Å². The van der Waals surface area contributed by atoms with Gasteiger partial charge in [0.2, 0.25) is 0 Å². The second kappa shape index (κ2) is 9.34. The van der Waals surface area contributed by atoms with Crippen molar-refractivity contribution < 1.29 is 14.3 Å². The minimum Gasteiger partial charge on any atom is -0.497 e. The monoisotopic (exact) mass is 444 g/mol. The van der Waals surface area contributed by atoms with Gasteiger partial charge in [-0.2, -0.15) is 0 Å². The lowest BCUT2D eigenvalue weighted by Crippen LogP contribution is -2.38. The molecule has 0 amide bonds. The number of carbonyl (C=O) groups is 1. The summed E-state index contributed by atoms with van der Waals surface area (Å²) in [5.74, 6) is 0.628. The number of esters is 1. The second-order valence-electron chi connectivity index (χ2n) is 6.75. The largest absolute Gasteiger partial charge is 0.497 e. The maximum Gasteiger partial charge on any atom is 0.332 e. The molecule has 0 fully saturated rings. The summed E-state index contributed by atoms with van der Waals surface area (Å²) < 4.78 is 12.7. The number of benzene rings is 1. The Balaban J connectivity index is 2.27. The SMILES string of the molecule is CCOC(=O)[C@H](CC)Sc1nc(-c2ccc(OC)cc2)nc2c1c(=O)n(C)c(=O)n2C. The highest BCUT2D eigenvalue weighted by Crippen LogP contribution is 2.31. The fraction of sp³-hybridized carbons (Fsp3) is 0.381. The first kappa shape index (κ1) is 22.5. The lowest BCUT2D eigenvalue weighted by atomic mass is 10.2. The Morgan fingerprint density at radius 2 is 1.77 bits per heavy atom. The molecule has 164 valence electrons. The Labute approximate surface area is 183 Å². The van der Waals surface area contributed by atoms with Crippen LogP contribution in [0.1, 0.15) is 20.3 Å². The summed E-state index contributed by atoms with van der Waals surface area (Å²) in [6, 6.07) is 7.12. The summed E-state index contributed by atoms with van der Waals surface area (Å²) in [5.41, 5.74) is -0.122. The summed E-state index contributed by atoms with van der Waals surface area (Å²) in [4.78, 5) is 46.9. The van der Waals surface area contributed by atoms with E-state index in [0.717, 1.165) is 16.3 Å². The van der Waals surface area contributed by atoms with E-state index in [1.807, 2.05) is 6.92 Å². The van der Waals surface area contributed by atoms with Crippen LogP contribution in [-0.2, 0) is 23.6 Å². The third-order valence-electron chi connectivity index (χ3n) is 4.79. The summed E-state index contributed by atoms with van der Waals surface area (Å²) in [7, 11) is 4.52. The number of ether oxygens (including phenoxy) is 2. The molecule has 2 aromatic heterocycles. The third kappa shape index (κ3) is 4.34. The minimum absolute atomic E-state index is 0.189. The van der Waals surface area contributed by atoms with Gasteiger partial charge in [-0.1, -0.05) is 18.7 Å². The Morgan fingerprint density at radius 3 is 2.35 bits per heavy atom. The quantitative estimate of drug-likeness (QED) is 0.310. The average molecular weight is 445 g/mol. The van der Waals surface area contributed by atoms with Crippen LogP contribution < -0.4 is 16.0 Å². The van der Waals surface area contributed by atoms with Crippen molar-refractivity contribution in [3.05, 3.63) is 45.1 Å². The fourth-order valence-electron chi connectivity index (χ4n) is 3.05. The van der Waals surface area contributed by atoms with Gasteiger partial charge in [0.15, 0.2) is 11.5 Å². The van der Waals surface area contributed by atoms with Gasteiger partial charge < -0.3 is 9.47 Å². The Morgan fingerprint density at radius 1 is 1.10 bits per heavy atom. The molecule has 1 atom stereocenters. The molecular formula is C21H24N4O5S. The van der Waals surface area contributed by atoms with Crippen LogP contribution in [0.2, 0.25) is 0 Å². The number of hydrogen-bond donors (Lipinski definition) is 0. The van der Waals surface area contributed by atoms with Gasteiger partial charge in [0.05, 0.1) is 13.7 Å². The van der Waals surface area contributed by atoms with Crippen LogP contribution in [-0.4, -0.2) is 44.0 Å². The molecule has 0 saturated heterocycles. The topological polar surface area (TPSA) is 105 Å². The van der Waals surface area contributed by atoms with E-state index in [9.17, 15) is 14.4 Å². The van der Waals surface area contributed by atoms with Crippen LogP contribution in [0.25, 0.3) is 22.4 Å². The zero-order valence-corrected chi connectivity index (χ0v) is 18.9. The number of carbonyl (C=O) groups excluding carboxylic acids is 1. The number of fused-ring (bicyclic) bond motifs is 1. The molecule has 2 heterocycles. The fourth-order valence-corrected chi connectivity index (χ4v) is 4.09. The van der Waals surface area contributed by atoms with Crippen LogP contribution >= 0.6 is 11.8 Å². The Kier molecular flexibility index (Phi) is 6.79. The van der Waals surface area contributed by atoms with Crippen molar-refractivity contribution in [2.75, 3.05) is 13.7 Å². The van der Waals surface area contributed by atoms with Gasteiger partial charge in [0.1, 0.15) is 21.4 Å². The molecule has 0 spiro atoms. The van der Waals surface area contributed by atoms with Crippen LogP contribution in [0.4, 0.5) is 0 Å². The van der Waals surface area contributed by atoms with E-state index in [1.54, 1.807) is 45.3 Å². The van der Waals surface area contributed by atoms with E-state index in [2.05, 4.69) is 9.97 Å². The number of nitrogens with zero attached hydrogens (tertiary/aromatic N) is 4. The smallest absolute Gasteiger partial charge is 0.332 e. The van der Waals surface area contributed by atoms with Gasteiger partial charge in [-0.15, -0.1) is 0 Å². The number of aryl methyl sites for hydroxylation is 1. The molecule has 31 heavy (non-hydrogen) atoms. The third-order valence-corrected chi connectivity index (χ3v) is 6.12. The number of thioether (sulfide) groups is 1. The van der Waals surface area contributed by atoms with Crippen molar-refractivity contribution >= 4 is 28.8 Å². The van der Waals surface area contributed by atoms with Crippen molar-refractivity contribution in [1.82, 2.24) is 19.1 Å². The second-order valence-corrected chi connectivity index (χ2v) is 7.94. The summed E-state index contributed by atoms with van der Waals surface area (Å²) in [6.45, 7) is 3.85. The molecule has 0 aliphatic heterocycles. The Hall–Kier alpha value is -3.14. The standard InChI is InChI=1S/C21H24N4O5S/c1-6-14(20(27)30-7-2)31-18-15-17(24(3)21(28)25(4)19(15)26)22-16(23-18)12-8-10-13(29-5)11-9-12/h8-11,14H,6-7H2,1-5H3/t14-/m0/s1. The first-order valence-electron chi connectivity index (χ1n) is 9.77. The highest BCUT2D eigenvalue weighted by Gasteiger charge is 2.25. The first-order chi connectivity index (χ1) is 14.8. The number of rotatable bonds is 7. The summed E-state index contributed by atoms with van der Waals surface area (Å²) >= 11 is 1.14. The van der Waals surface area contributed by atoms with Gasteiger partial charge in [-0.25, -0.2) is 14.8 Å². The van der Waals surface area contributed by atoms with Crippen molar-refractivity contribution in [3.63, 3.8) is 0 Å². The summed E-state index contributed by atoms with van der Waals surface area (Å²) in [6.07, 6.45) is 0.485. The first-order valence-corrected chi connectivity index (χ1v) is 10.7. The molecule has 0 N–H and O–H groups in total. The molecular weight excluding hydrogens is 420 g/mol. The highest BCUT2D eigenvalue weighted by molar-refractivity contribution is 8.00. The lowest BCUT2D eigenvalue weighted by Gasteiger charge is -2.16. The lowest BCUT2D eigenvalue weighted by molar-refractivity contribution is -0.142. The molecule has 0 bridgehead atoms.